The lowest BCUT2D eigenvalue weighted by atomic mass is 10.0. The molecule has 0 N–H and O–H groups in total. The summed E-state index contributed by atoms with van der Waals surface area (Å²) in [5.74, 6) is -0.310. The monoisotopic (exact) mass is 365 g/mol. The minimum Gasteiger partial charge on any atom is -0.347 e. The van der Waals surface area contributed by atoms with E-state index >= 15 is 0 Å². The van der Waals surface area contributed by atoms with Gasteiger partial charge in [-0.25, -0.2) is 4.98 Å². The van der Waals surface area contributed by atoms with Crippen LogP contribution in [0.1, 0.15) is 46.1 Å². The van der Waals surface area contributed by atoms with Crippen LogP contribution >= 0.6 is 11.3 Å². The van der Waals surface area contributed by atoms with Crippen LogP contribution in [0.25, 0.3) is 0 Å². The summed E-state index contributed by atoms with van der Waals surface area (Å²) in [5, 5.41) is 1.09. The van der Waals surface area contributed by atoms with Gasteiger partial charge in [0, 0.05) is 38.9 Å². The van der Waals surface area contributed by atoms with E-state index in [0.717, 1.165) is 41.4 Å². The second-order valence-corrected chi connectivity index (χ2v) is 8.30. The average Bonchev–Trinajstić information content (AvgIpc) is 3.35. The van der Waals surface area contributed by atoms with Gasteiger partial charge in [0.25, 0.3) is 5.91 Å². The van der Waals surface area contributed by atoms with E-state index in [1.54, 1.807) is 11.3 Å². The number of nitrogens with zero attached hydrogens (tertiary/aromatic N) is 3. The Morgan fingerprint density at radius 2 is 1.84 bits per heavy atom. The van der Waals surface area contributed by atoms with Gasteiger partial charge in [-0.2, -0.15) is 0 Å². The molecule has 3 aliphatic rings. The van der Waals surface area contributed by atoms with Crippen molar-refractivity contribution in [3.05, 3.63) is 15.6 Å². The number of rotatable bonds is 4. The summed E-state index contributed by atoms with van der Waals surface area (Å²) in [6.07, 6.45) is 5.09. The normalized spacial score (nSPS) is 23.6. The van der Waals surface area contributed by atoms with Crippen LogP contribution in [0, 0.1) is 6.92 Å². The maximum atomic E-state index is 12.9. The van der Waals surface area contributed by atoms with Crippen molar-refractivity contribution in [1.82, 2.24) is 14.8 Å². The Labute approximate surface area is 153 Å². The van der Waals surface area contributed by atoms with E-state index in [4.69, 9.17) is 9.47 Å². The Bertz CT molecular complexity index is 611. The second kappa shape index (κ2) is 7.31. The lowest BCUT2D eigenvalue weighted by Gasteiger charge is -2.37. The minimum absolute atomic E-state index is 0.121. The Kier molecular flexibility index (Phi) is 5.08. The molecule has 0 saturated carbocycles. The predicted octanol–water partition coefficient (Wildman–Crippen LogP) is 2.07. The largest absolute Gasteiger partial charge is 0.347 e. The van der Waals surface area contributed by atoms with Gasteiger partial charge in [0.1, 0.15) is 4.88 Å². The Hall–Kier alpha value is -1.02. The summed E-state index contributed by atoms with van der Waals surface area (Å²) < 4.78 is 11.5. The molecular weight excluding hydrogens is 338 g/mol. The Morgan fingerprint density at radius 1 is 1.16 bits per heavy atom. The SMILES string of the molecule is Cc1nc(CCN2CCCC2)sc1C(=O)N1CCC2(CC1)OCCO2. The van der Waals surface area contributed by atoms with Crippen LogP contribution < -0.4 is 0 Å². The molecule has 0 aromatic carbocycles. The lowest BCUT2D eigenvalue weighted by Crippen LogP contribution is -2.47. The van der Waals surface area contributed by atoms with Crippen molar-refractivity contribution in [2.45, 2.75) is 44.8 Å². The summed E-state index contributed by atoms with van der Waals surface area (Å²) in [5.41, 5.74) is 0.875. The van der Waals surface area contributed by atoms with Crippen LogP contribution in [0.2, 0.25) is 0 Å². The number of amides is 1. The fourth-order valence-corrected chi connectivity index (χ4v) is 5.02. The number of carbonyl (C=O) groups excluding carboxylic acids is 1. The number of carbonyl (C=O) groups is 1. The van der Waals surface area contributed by atoms with Gasteiger partial charge >= 0.3 is 0 Å². The van der Waals surface area contributed by atoms with Crippen LogP contribution in [0.15, 0.2) is 0 Å². The van der Waals surface area contributed by atoms with Crippen LogP contribution in [-0.4, -0.2) is 72.4 Å². The first kappa shape index (κ1) is 17.4. The summed E-state index contributed by atoms with van der Waals surface area (Å²) in [6.45, 7) is 8.15. The highest BCUT2D eigenvalue weighted by molar-refractivity contribution is 7.13. The molecule has 0 atom stereocenters. The summed E-state index contributed by atoms with van der Waals surface area (Å²) >= 11 is 1.58. The molecule has 0 unspecified atom stereocenters. The second-order valence-electron chi connectivity index (χ2n) is 7.22. The molecule has 6 nitrogen and oxygen atoms in total. The smallest absolute Gasteiger partial charge is 0.265 e. The number of hydrogen-bond donors (Lipinski definition) is 0. The topological polar surface area (TPSA) is 54.9 Å². The number of thiazole rings is 1. The first-order valence-corrected chi connectivity index (χ1v) is 10.2. The predicted molar refractivity (Wildman–Crippen MR) is 96.0 cm³/mol. The maximum Gasteiger partial charge on any atom is 0.265 e. The zero-order valence-corrected chi connectivity index (χ0v) is 15.8. The molecule has 138 valence electrons. The van der Waals surface area contributed by atoms with Crippen molar-refractivity contribution in [3.8, 4) is 0 Å². The molecular formula is C18H27N3O3S. The number of aryl methyl sites for hydroxylation is 1. The van der Waals surface area contributed by atoms with Crippen molar-refractivity contribution in [2.75, 3.05) is 45.9 Å². The molecule has 25 heavy (non-hydrogen) atoms. The van der Waals surface area contributed by atoms with E-state index in [1.165, 1.54) is 25.9 Å². The van der Waals surface area contributed by atoms with Gasteiger partial charge in [-0.1, -0.05) is 0 Å². The fraction of sp³-hybridized carbons (Fsp3) is 0.778. The highest BCUT2D eigenvalue weighted by atomic mass is 32.1. The zero-order valence-electron chi connectivity index (χ0n) is 15.0. The van der Waals surface area contributed by atoms with E-state index in [-0.39, 0.29) is 5.91 Å². The quantitative estimate of drug-likeness (QED) is 0.818. The molecule has 1 aromatic rings. The molecule has 0 aliphatic carbocycles. The van der Waals surface area contributed by atoms with Gasteiger partial charge in [0.15, 0.2) is 5.79 Å². The van der Waals surface area contributed by atoms with Crippen molar-refractivity contribution in [1.29, 1.82) is 0 Å². The van der Waals surface area contributed by atoms with Crippen molar-refractivity contribution >= 4 is 17.2 Å². The molecule has 4 heterocycles. The van der Waals surface area contributed by atoms with E-state index in [0.29, 0.717) is 26.3 Å². The van der Waals surface area contributed by atoms with Gasteiger partial charge in [0.05, 0.1) is 23.9 Å². The van der Waals surface area contributed by atoms with Gasteiger partial charge in [-0.15, -0.1) is 11.3 Å². The van der Waals surface area contributed by atoms with E-state index in [2.05, 4.69) is 9.88 Å². The van der Waals surface area contributed by atoms with Crippen LogP contribution in [0.4, 0.5) is 0 Å². The third-order valence-electron chi connectivity index (χ3n) is 5.50. The van der Waals surface area contributed by atoms with E-state index in [9.17, 15) is 4.79 Å². The number of likely N-dealkylation sites (tertiary alicyclic amines) is 2. The number of hydrogen-bond acceptors (Lipinski definition) is 6. The van der Waals surface area contributed by atoms with Crippen LogP contribution in [0.5, 0.6) is 0 Å². The first-order valence-electron chi connectivity index (χ1n) is 9.41. The molecule has 4 rings (SSSR count). The van der Waals surface area contributed by atoms with E-state index < -0.39 is 5.79 Å². The summed E-state index contributed by atoms with van der Waals surface area (Å²) in [4.78, 5) is 22.8. The van der Waals surface area contributed by atoms with Crippen molar-refractivity contribution in [2.24, 2.45) is 0 Å². The zero-order chi connectivity index (χ0) is 17.3. The van der Waals surface area contributed by atoms with Crippen molar-refractivity contribution < 1.29 is 14.3 Å². The average molecular weight is 365 g/mol. The maximum absolute atomic E-state index is 12.9. The third-order valence-corrected chi connectivity index (χ3v) is 6.71. The van der Waals surface area contributed by atoms with Crippen LogP contribution in [-0.2, 0) is 15.9 Å². The van der Waals surface area contributed by atoms with Gasteiger partial charge < -0.3 is 19.3 Å². The lowest BCUT2D eigenvalue weighted by molar-refractivity contribution is -0.181. The minimum atomic E-state index is -0.430. The Balaban J connectivity index is 1.35. The molecule has 0 bridgehead atoms. The van der Waals surface area contributed by atoms with Crippen molar-refractivity contribution in [3.63, 3.8) is 0 Å². The summed E-state index contributed by atoms with van der Waals surface area (Å²) in [7, 11) is 0. The molecule has 1 amide bonds. The molecule has 7 heteroatoms. The first-order chi connectivity index (χ1) is 12.2. The molecule has 1 spiro atoms. The van der Waals surface area contributed by atoms with Gasteiger partial charge in [0.2, 0.25) is 0 Å². The number of aromatic nitrogens is 1. The highest BCUT2D eigenvalue weighted by Gasteiger charge is 2.41. The molecule has 1 aromatic heterocycles. The number of ether oxygens (including phenoxy) is 2. The van der Waals surface area contributed by atoms with E-state index in [1.807, 2.05) is 11.8 Å². The molecule has 3 saturated heterocycles. The molecule has 0 radical (unpaired) electrons. The van der Waals surface area contributed by atoms with Gasteiger partial charge in [-0.3, -0.25) is 4.79 Å². The Morgan fingerprint density at radius 3 is 2.52 bits per heavy atom. The fourth-order valence-electron chi connectivity index (χ4n) is 4.00. The highest BCUT2D eigenvalue weighted by Crippen LogP contribution is 2.32. The number of piperidine rings is 1. The molecule has 3 aliphatic heterocycles. The third kappa shape index (κ3) is 3.74. The molecule has 3 fully saturated rings. The van der Waals surface area contributed by atoms with Crippen LogP contribution in [0.3, 0.4) is 0 Å². The van der Waals surface area contributed by atoms with Gasteiger partial charge in [-0.05, 0) is 32.9 Å². The standard InChI is InChI=1S/C18H27N3O3S/c1-14-16(25-15(19-14)4-9-20-7-2-3-8-20)17(22)21-10-5-18(6-11-21)23-12-13-24-18/h2-13H2,1H3. The summed E-state index contributed by atoms with van der Waals surface area (Å²) in [6, 6.07) is 0.